The summed E-state index contributed by atoms with van der Waals surface area (Å²) in [4.78, 5) is 11.1. The van der Waals surface area contributed by atoms with Crippen LogP contribution in [0, 0.1) is 11.6 Å². The van der Waals surface area contributed by atoms with E-state index in [0.717, 1.165) is 12.4 Å². The minimum absolute atomic E-state index is 0.0340. The Morgan fingerprint density at radius 2 is 2.05 bits per heavy atom. The summed E-state index contributed by atoms with van der Waals surface area (Å²) in [6.07, 6.45) is 3.13. The van der Waals surface area contributed by atoms with Crippen LogP contribution < -0.4 is 10.6 Å². The van der Waals surface area contributed by atoms with Gasteiger partial charge in [0, 0.05) is 0 Å². The van der Waals surface area contributed by atoms with Crippen molar-refractivity contribution in [2.75, 3.05) is 6.61 Å². The molecule has 1 aromatic carbocycles. The monoisotopic (exact) mass is 325 g/mol. The number of aliphatic imine (C=N–C) groups is 1. The Bertz CT molecular complexity index is 706. The van der Waals surface area contributed by atoms with Crippen LogP contribution in [0.4, 0.5) is 14.5 Å². The second-order valence-corrected chi connectivity index (χ2v) is 4.33. The molecule has 114 valence electrons. The van der Waals surface area contributed by atoms with Crippen molar-refractivity contribution in [3.05, 3.63) is 47.2 Å². The maximum Gasteiger partial charge on any atom is 0.316 e. The molecule has 0 fully saturated rings. The molecule has 6 nitrogen and oxygen atoms in total. The molecule has 2 aromatic rings. The molecule has 2 rings (SSSR count). The van der Waals surface area contributed by atoms with Gasteiger partial charge in [0.05, 0.1) is 23.6 Å². The Morgan fingerprint density at radius 1 is 1.32 bits per heavy atom. The lowest BCUT2D eigenvalue weighted by Crippen LogP contribution is -2.16. The first-order valence-corrected chi connectivity index (χ1v) is 6.33. The van der Waals surface area contributed by atoms with E-state index in [4.69, 9.17) is 22.2 Å². The number of rotatable bonds is 5. The number of ether oxygens (including phenoxy) is 1. The zero-order valence-electron chi connectivity index (χ0n) is 11.1. The Kier molecular flexibility index (Phi) is 5.31. The van der Waals surface area contributed by atoms with Gasteiger partial charge >= 0.3 is 6.01 Å². The summed E-state index contributed by atoms with van der Waals surface area (Å²) >= 11 is 5.64. The molecule has 1 heterocycles. The van der Waals surface area contributed by atoms with Gasteiger partial charge in [0.1, 0.15) is 18.0 Å². The average molecular weight is 326 g/mol. The summed E-state index contributed by atoms with van der Waals surface area (Å²) in [7, 11) is 0. The highest BCUT2D eigenvalue weighted by Gasteiger charge is 2.05. The maximum absolute atomic E-state index is 13.6. The fourth-order valence-electron chi connectivity index (χ4n) is 1.36. The summed E-state index contributed by atoms with van der Waals surface area (Å²) < 4.78 is 31.4. The molecule has 0 radical (unpaired) electrons. The van der Waals surface area contributed by atoms with Crippen LogP contribution in [0.15, 0.2) is 40.7 Å². The van der Waals surface area contributed by atoms with Gasteiger partial charge in [0.25, 0.3) is 0 Å². The fourth-order valence-corrected chi connectivity index (χ4v) is 1.53. The molecule has 0 aliphatic heterocycles. The van der Waals surface area contributed by atoms with E-state index in [1.165, 1.54) is 18.3 Å². The Hall–Kier alpha value is -2.61. The predicted molar refractivity (Wildman–Crippen MR) is 78.7 cm³/mol. The minimum Gasteiger partial charge on any atom is -0.457 e. The first-order valence-electron chi connectivity index (χ1n) is 5.95. The van der Waals surface area contributed by atoms with Crippen LogP contribution in [0.1, 0.15) is 0 Å². The van der Waals surface area contributed by atoms with Gasteiger partial charge in [-0.15, -0.1) is 0 Å². The Balaban J connectivity index is 2.02. The van der Waals surface area contributed by atoms with E-state index in [2.05, 4.69) is 20.1 Å². The molecule has 1 aromatic heterocycles. The van der Waals surface area contributed by atoms with Crippen LogP contribution in [0.25, 0.3) is 0 Å². The number of nitrogens with zero attached hydrogens (tertiary/aromatic N) is 4. The van der Waals surface area contributed by atoms with Gasteiger partial charge in [0.15, 0.2) is 11.6 Å². The highest BCUT2D eigenvalue weighted by molar-refractivity contribution is 6.32. The molecule has 0 saturated heterocycles. The third kappa shape index (κ3) is 4.19. The minimum atomic E-state index is -0.653. The molecule has 0 atom stereocenters. The quantitative estimate of drug-likeness (QED) is 0.520. The number of aromatic nitrogens is 2. The molecule has 0 spiro atoms. The molecular weight excluding hydrogens is 316 g/mol. The lowest BCUT2D eigenvalue weighted by Gasteiger charge is -2.03. The standard InChI is InChI=1S/C13H10ClF2N5O/c14-10-2-1-3-11(12(10)16)18-6-9(21-17)7-22-13-19-4-8(15)5-20-13/h1-6H,7,17H2. The van der Waals surface area contributed by atoms with Crippen LogP contribution >= 0.6 is 11.6 Å². The second-order valence-electron chi connectivity index (χ2n) is 3.92. The molecule has 9 heteroatoms. The van der Waals surface area contributed by atoms with E-state index in [0.29, 0.717) is 0 Å². The molecule has 22 heavy (non-hydrogen) atoms. The zero-order valence-corrected chi connectivity index (χ0v) is 11.8. The van der Waals surface area contributed by atoms with E-state index in [-0.39, 0.29) is 29.0 Å². The van der Waals surface area contributed by atoms with Crippen molar-refractivity contribution in [2.45, 2.75) is 0 Å². The molecule has 0 amide bonds. The fraction of sp³-hybridized carbons (Fsp3) is 0.0769. The van der Waals surface area contributed by atoms with Crippen molar-refractivity contribution in [3.8, 4) is 6.01 Å². The number of benzene rings is 1. The second kappa shape index (κ2) is 7.41. The van der Waals surface area contributed by atoms with Gasteiger partial charge in [-0.1, -0.05) is 17.7 Å². The van der Waals surface area contributed by atoms with E-state index >= 15 is 0 Å². The number of halogens is 3. The topological polar surface area (TPSA) is 85.8 Å². The highest BCUT2D eigenvalue weighted by atomic mass is 35.5. The summed E-state index contributed by atoms with van der Waals surface area (Å²) in [6, 6.07) is 4.35. The predicted octanol–water partition coefficient (Wildman–Crippen LogP) is 2.50. The summed E-state index contributed by atoms with van der Waals surface area (Å²) in [5, 5.41) is 3.40. The van der Waals surface area contributed by atoms with Gasteiger partial charge in [0.2, 0.25) is 0 Å². The summed E-state index contributed by atoms with van der Waals surface area (Å²) in [5.74, 6) is 3.95. The third-order valence-electron chi connectivity index (χ3n) is 2.40. The van der Waals surface area contributed by atoms with E-state index in [9.17, 15) is 8.78 Å². The number of hydrogen-bond acceptors (Lipinski definition) is 6. The highest BCUT2D eigenvalue weighted by Crippen LogP contribution is 2.23. The summed E-state index contributed by atoms with van der Waals surface area (Å²) in [5.41, 5.74) is 0.235. The van der Waals surface area contributed by atoms with Crippen molar-refractivity contribution < 1.29 is 13.5 Å². The zero-order chi connectivity index (χ0) is 15.9. The molecule has 2 N–H and O–H groups in total. The average Bonchev–Trinajstić information content (AvgIpc) is 2.53. The Labute approximate surface area is 129 Å². The molecule has 0 saturated carbocycles. The van der Waals surface area contributed by atoms with Crippen LogP contribution in [0.3, 0.4) is 0 Å². The molecule has 0 unspecified atom stereocenters. The van der Waals surface area contributed by atoms with E-state index in [1.807, 2.05) is 0 Å². The van der Waals surface area contributed by atoms with Crippen LogP contribution in [-0.4, -0.2) is 28.5 Å². The van der Waals surface area contributed by atoms with Crippen molar-refractivity contribution in [1.29, 1.82) is 0 Å². The van der Waals surface area contributed by atoms with Crippen LogP contribution in [0.2, 0.25) is 5.02 Å². The molecule has 0 bridgehead atoms. The normalized spacial score (nSPS) is 11.9. The first-order chi connectivity index (χ1) is 10.6. The lowest BCUT2D eigenvalue weighted by atomic mass is 10.3. The molecule has 0 aliphatic carbocycles. The van der Waals surface area contributed by atoms with Gasteiger partial charge in [-0.05, 0) is 12.1 Å². The third-order valence-corrected chi connectivity index (χ3v) is 2.69. The number of hydrogen-bond donors (Lipinski definition) is 1. The smallest absolute Gasteiger partial charge is 0.316 e. The largest absolute Gasteiger partial charge is 0.457 e. The van der Waals surface area contributed by atoms with E-state index < -0.39 is 11.6 Å². The summed E-state index contributed by atoms with van der Waals surface area (Å²) in [6.45, 7) is -0.117. The number of hydrazone groups is 1. The van der Waals surface area contributed by atoms with Gasteiger partial charge in [-0.25, -0.2) is 18.7 Å². The van der Waals surface area contributed by atoms with Crippen molar-refractivity contribution in [3.63, 3.8) is 0 Å². The maximum atomic E-state index is 13.6. The first kappa shape index (κ1) is 15.8. The van der Waals surface area contributed by atoms with E-state index in [1.54, 1.807) is 6.07 Å². The molecule has 0 aliphatic rings. The van der Waals surface area contributed by atoms with Crippen molar-refractivity contribution in [2.24, 2.45) is 15.9 Å². The molecular formula is C13H10ClF2N5O. The van der Waals surface area contributed by atoms with Crippen molar-refractivity contribution >= 4 is 29.2 Å². The van der Waals surface area contributed by atoms with Gasteiger partial charge < -0.3 is 10.6 Å². The van der Waals surface area contributed by atoms with Crippen molar-refractivity contribution in [1.82, 2.24) is 9.97 Å². The lowest BCUT2D eigenvalue weighted by molar-refractivity contribution is 0.344. The van der Waals surface area contributed by atoms with Gasteiger partial charge in [-0.2, -0.15) is 5.10 Å². The van der Waals surface area contributed by atoms with Crippen LogP contribution in [0.5, 0.6) is 6.01 Å². The van der Waals surface area contributed by atoms with Crippen LogP contribution in [-0.2, 0) is 0 Å². The SMILES string of the molecule is NN=C(C=Nc1cccc(Cl)c1F)COc1ncc(F)cn1. The van der Waals surface area contributed by atoms with Gasteiger partial charge in [-0.3, -0.25) is 4.99 Å². The Morgan fingerprint density at radius 3 is 2.73 bits per heavy atom. The number of nitrogens with two attached hydrogens (primary N) is 1.